The molecule has 4 aromatic carbocycles. The SMILES string of the molecule is CC(Nc1cccc(Cl)c1F)c1cc(C(=O)N(C)CCO)cc2c(=O)cc(N3CCOCC3)oc12.CC(Nc1cccc(Cl)c1F)c1cc(C(=O)O)cc2c(=O)cc(N3CCOCC3)oc12. The maximum atomic E-state index is 14.6. The summed E-state index contributed by atoms with van der Waals surface area (Å²) < 4.78 is 52.0. The number of fused-ring (bicyclic) bond motifs is 2. The molecule has 15 nitrogen and oxygen atoms in total. The number of hydrogen-bond donors (Lipinski definition) is 4. The van der Waals surface area contributed by atoms with Gasteiger partial charge < -0.3 is 53.9 Å². The minimum absolute atomic E-state index is 0.0252. The third kappa shape index (κ3) is 10.6. The van der Waals surface area contributed by atoms with Gasteiger partial charge in [0.15, 0.2) is 34.3 Å². The van der Waals surface area contributed by atoms with Crippen LogP contribution in [-0.4, -0.2) is 99.8 Å². The summed E-state index contributed by atoms with van der Waals surface area (Å²) in [5, 5.41) is 25.1. The number of amides is 1. The van der Waals surface area contributed by atoms with E-state index in [1.165, 1.54) is 53.4 Å². The smallest absolute Gasteiger partial charge is 0.335 e. The number of aliphatic hydroxyl groups is 1. The summed E-state index contributed by atoms with van der Waals surface area (Å²) in [6.45, 7) is 7.80. The van der Waals surface area contributed by atoms with Gasteiger partial charge in [0.05, 0.1) is 82.9 Å². The molecule has 0 spiro atoms. The van der Waals surface area contributed by atoms with Crippen molar-refractivity contribution in [1.82, 2.24) is 4.90 Å². The van der Waals surface area contributed by atoms with E-state index in [-0.39, 0.29) is 78.8 Å². The van der Waals surface area contributed by atoms with Crippen molar-refractivity contribution < 1.29 is 46.9 Å². The van der Waals surface area contributed by atoms with E-state index in [2.05, 4.69) is 10.6 Å². The molecule has 1 amide bonds. The Hall–Kier alpha value is -6.24. The number of aromatic carboxylic acids is 1. The predicted octanol–water partition coefficient (Wildman–Crippen LogP) is 7.95. The van der Waals surface area contributed by atoms with Crippen LogP contribution in [0.2, 0.25) is 10.0 Å². The highest BCUT2D eigenvalue weighted by molar-refractivity contribution is 6.31. The molecule has 8 rings (SSSR count). The molecule has 2 aliphatic heterocycles. The number of ether oxygens (including phenoxy) is 2. The molecule has 2 aliphatic rings. The lowest BCUT2D eigenvalue weighted by atomic mass is 9.99. The number of aliphatic hydroxyl groups excluding tert-OH is 1. The first-order chi connectivity index (χ1) is 31.6. The second-order valence-corrected chi connectivity index (χ2v) is 16.5. The van der Waals surface area contributed by atoms with Crippen LogP contribution in [0.25, 0.3) is 21.9 Å². The van der Waals surface area contributed by atoms with Crippen molar-refractivity contribution in [3.05, 3.63) is 137 Å². The van der Waals surface area contributed by atoms with Crippen molar-refractivity contribution in [3.8, 4) is 0 Å². The van der Waals surface area contributed by atoms with E-state index >= 15 is 0 Å². The molecule has 2 saturated heterocycles. The van der Waals surface area contributed by atoms with Gasteiger partial charge in [0, 0.05) is 68.6 Å². The molecular weight excluding hydrogens is 903 g/mol. The molecule has 0 radical (unpaired) electrons. The Labute approximate surface area is 387 Å². The minimum Gasteiger partial charge on any atom is -0.478 e. The molecule has 4 heterocycles. The number of nitrogens with one attached hydrogen (secondary N) is 2. The second kappa shape index (κ2) is 20.9. The summed E-state index contributed by atoms with van der Waals surface area (Å²) in [5.74, 6) is -1.97. The van der Waals surface area contributed by atoms with E-state index in [9.17, 15) is 38.2 Å². The van der Waals surface area contributed by atoms with Gasteiger partial charge in [-0.2, -0.15) is 0 Å². The molecule has 0 bridgehead atoms. The zero-order valence-corrected chi connectivity index (χ0v) is 37.7. The zero-order valence-electron chi connectivity index (χ0n) is 36.2. The van der Waals surface area contributed by atoms with Crippen LogP contribution in [0.1, 0.15) is 57.8 Å². The van der Waals surface area contributed by atoms with E-state index in [0.29, 0.717) is 81.1 Å². The number of benzene rings is 4. The summed E-state index contributed by atoms with van der Waals surface area (Å²) in [7, 11) is 1.56. The van der Waals surface area contributed by atoms with Gasteiger partial charge in [-0.15, -0.1) is 0 Å². The number of carboxylic acids is 1. The van der Waals surface area contributed by atoms with Crippen LogP contribution in [0.15, 0.2) is 91.2 Å². The van der Waals surface area contributed by atoms with Crippen molar-refractivity contribution in [2.75, 3.05) is 93.2 Å². The lowest BCUT2D eigenvalue weighted by Gasteiger charge is -2.27. The first-order valence-corrected chi connectivity index (χ1v) is 21.8. The largest absolute Gasteiger partial charge is 0.478 e. The van der Waals surface area contributed by atoms with Gasteiger partial charge in [-0.1, -0.05) is 35.3 Å². The maximum Gasteiger partial charge on any atom is 0.335 e. The van der Waals surface area contributed by atoms with Gasteiger partial charge in [-0.3, -0.25) is 14.4 Å². The van der Waals surface area contributed by atoms with Crippen LogP contribution in [-0.2, 0) is 9.47 Å². The van der Waals surface area contributed by atoms with E-state index in [0.717, 1.165) is 0 Å². The quantitative estimate of drug-likeness (QED) is 0.0926. The number of carbonyl (C=O) groups is 2. The highest BCUT2D eigenvalue weighted by atomic mass is 35.5. The fourth-order valence-electron chi connectivity index (χ4n) is 7.64. The Bertz CT molecular complexity index is 2890. The molecule has 2 unspecified atom stereocenters. The maximum absolute atomic E-state index is 14.6. The number of anilines is 4. The average Bonchev–Trinajstić information content (AvgIpc) is 3.31. The molecule has 19 heteroatoms. The van der Waals surface area contributed by atoms with Crippen molar-refractivity contribution in [2.24, 2.45) is 0 Å². The Morgan fingerprint density at radius 3 is 1.56 bits per heavy atom. The van der Waals surface area contributed by atoms with Crippen molar-refractivity contribution >= 4 is 80.2 Å². The zero-order chi connectivity index (χ0) is 47.2. The summed E-state index contributed by atoms with van der Waals surface area (Å²) in [6, 6.07) is 16.7. The number of halogens is 4. The van der Waals surface area contributed by atoms with E-state index < -0.39 is 29.7 Å². The van der Waals surface area contributed by atoms with E-state index in [4.69, 9.17) is 41.5 Å². The van der Waals surface area contributed by atoms with Crippen molar-refractivity contribution in [3.63, 3.8) is 0 Å². The summed E-state index contributed by atoms with van der Waals surface area (Å²) >= 11 is 11.8. The Kier molecular flexibility index (Phi) is 15.1. The molecule has 4 N–H and O–H groups in total. The molecule has 66 heavy (non-hydrogen) atoms. The number of nitrogens with zero attached hydrogens (tertiary/aromatic N) is 3. The number of morpholine rings is 2. The van der Waals surface area contributed by atoms with Crippen LogP contribution in [0.4, 0.5) is 31.9 Å². The first kappa shape index (κ1) is 47.7. The third-order valence-electron chi connectivity index (χ3n) is 11.2. The minimum atomic E-state index is -1.18. The Balaban J connectivity index is 0.000000198. The number of likely N-dealkylation sites (N-methyl/N-ethyl adjacent to an activating group) is 1. The molecule has 2 atom stereocenters. The van der Waals surface area contributed by atoms with Gasteiger partial charge in [-0.05, 0) is 62.4 Å². The van der Waals surface area contributed by atoms with E-state index in [1.807, 2.05) is 9.80 Å². The van der Waals surface area contributed by atoms with Crippen LogP contribution >= 0.6 is 23.2 Å². The highest BCUT2D eigenvalue weighted by Gasteiger charge is 2.25. The number of hydrogen-bond acceptors (Lipinski definition) is 13. The van der Waals surface area contributed by atoms with Crippen LogP contribution in [0.5, 0.6) is 0 Å². The number of carbonyl (C=O) groups excluding carboxylic acids is 1. The molecule has 348 valence electrons. The molecule has 0 saturated carbocycles. The highest BCUT2D eigenvalue weighted by Crippen LogP contribution is 2.34. The molecule has 2 fully saturated rings. The molecule has 6 aromatic rings. The summed E-state index contributed by atoms with van der Waals surface area (Å²) in [6.07, 6.45) is 0. The molecular formula is C47H47Cl2F2N5O10. The Morgan fingerprint density at radius 1 is 0.712 bits per heavy atom. The normalized spacial score (nSPS) is 14.9. The van der Waals surface area contributed by atoms with Gasteiger partial charge in [0.2, 0.25) is 0 Å². The topological polar surface area (TPSA) is 187 Å². The van der Waals surface area contributed by atoms with Gasteiger partial charge in [0.1, 0.15) is 11.2 Å². The van der Waals surface area contributed by atoms with Crippen LogP contribution in [0, 0.1) is 11.6 Å². The molecule has 2 aromatic heterocycles. The van der Waals surface area contributed by atoms with Crippen LogP contribution < -0.4 is 31.3 Å². The fourth-order valence-corrected chi connectivity index (χ4v) is 7.99. The Morgan fingerprint density at radius 2 is 1.14 bits per heavy atom. The van der Waals surface area contributed by atoms with Crippen molar-refractivity contribution in [1.29, 1.82) is 0 Å². The number of carboxylic acid groups (broad SMARTS) is 1. The van der Waals surface area contributed by atoms with E-state index in [1.54, 1.807) is 45.2 Å². The van der Waals surface area contributed by atoms with Gasteiger partial charge >= 0.3 is 5.97 Å². The monoisotopic (exact) mass is 949 g/mol. The lowest BCUT2D eigenvalue weighted by Crippen LogP contribution is -2.36. The predicted molar refractivity (Wildman–Crippen MR) is 249 cm³/mol. The standard InChI is InChI=1S/C25H27ClFN3O5.C22H20ClFN2O5/c1-15(28-20-5-3-4-19(26)23(20)27)17-12-16(25(33)29(2)6-9-31)13-18-21(32)14-22(35-24(17)18)30-7-10-34-11-8-30;1-12(25-17-4-2-3-16(23)20(17)24)14-9-13(22(28)29)10-15-18(27)11-19(31-21(14)15)26-5-7-30-8-6-26/h3-5,12-15,28,31H,6-11H2,1-2H3;2-4,9-12,25H,5-8H2,1H3,(H,28,29). The first-order valence-electron chi connectivity index (χ1n) is 21.0. The van der Waals surface area contributed by atoms with Crippen LogP contribution in [0.3, 0.4) is 0 Å². The molecule has 0 aliphatic carbocycles. The number of rotatable bonds is 12. The average molecular weight is 951 g/mol. The van der Waals surface area contributed by atoms with Crippen molar-refractivity contribution in [2.45, 2.75) is 25.9 Å². The summed E-state index contributed by atoms with van der Waals surface area (Å²) in [4.78, 5) is 55.8. The lowest BCUT2D eigenvalue weighted by molar-refractivity contribution is 0.0696. The fraction of sp³-hybridized carbons (Fsp3) is 0.319. The summed E-state index contributed by atoms with van der Waals surface area (Å²) in [5.41, 5.74) is 1.37. The van der Waals surface area contributed by atoms with Gasteiger partial charge in [0.25, 0.3) is 5.91 Å². The van der Waals surface area contributed by atoms with Gasteiger partial charge in [-0.25, -0.2) is 13.6 Å². The second-order valence-electron chi connectivity index (χ2n) is 15.7. The third-order valence-corrected chi connectivity index (χ3v) is 11.8.